The third-order valence-electron chi connectivity index (χ3n) is 2.22. The van der Waals surface area contributed by atoms with Crippen molar-refractivity contribution in [1.82, 2.24) is 4.98 Å². The first-order chi connectivity index (χ1) is 7.33. The van der Waals surface area contributed by atoms with Gasteiger partial charge >= 0.3 is 5.97 Å². The summed E-state index contributed by atoms with van der Waals surface area (Å²) in [5, 5.41) is 3.89. The van der Waals surface area contributed by atoms with Crippen LogP contribution in [-0.2, 0) is 9.53 Å². The number of quaternary nitrogens is 1. The summed E-state index contributed by atoms with van der Waals surface area (Å²) in [4.78, 5) is 15.7. The van der Waals surface area contributed by atoms with Gasteiger partial charge in [-0.2, -0.15) is 0 Å². The minimum absolute atomic E-state index is 0.0753. The van der Waals surface area contributed by atoms with Crippen molar-refractivity contribution in [3.63, 3.8) is 0 Å². The minimum Gasteiger partial charge on any atom is -0.465 e. The van der Waals surface area contributed by atoms with Crippen molar-refractivity contribution in [3.8, 4) is 0 Å². The minimum atomic E-state index is -0.298. The molecule has 0 fully saturated rings. The Morgan fingerprint density at radius 3 is 3.20 bits per heavy atom. The zero-order chi connectivity index (χ0) is 10.7. The first kappa shape index (κ1) is 10.1. The molecule has 1 unspecified atom stereocenters. The van der Waals surface area contributed by atoms with E-state index in [0.717, 1.165) is 5.69 Å². The van der Waals surface area contributed by atoms with Gasteiger partial charge in [0, 0.05) is 5.38 Å². The lowest BCUT2D eigenvalue weighted by atomic mass is 10.0. The molecule has 78 valence electrons. The molecule has 5 heteroatoms. The van der Waals surface area contributed by atoms with Gasteiger partial charge < -0.3 is 10.1 Å². The summed E-state index contributed by atoms with van der Waals surface area (Å²) in [6, 6.07) is -0.0753. The van der Waals surface area contributed by atoms with E-state index in [-0.39, 0.29) is 12.0 Å². The molecule has 0 saturated heterocycles. The predicted octanol–water partition coefficient (Wildman–Crippen LogP) is 0.374. The molecular formula is C10H11N2O2S+. The van der Waals surface area contributed by atoms with Gasteiger partial charge in [0.2, 0.25) is 0 Å². The second-order valence-electron chi connectivity index (χ2n) is 3.08. The van der Waals surface area contributed by atoms with Gasteiger partial charge in [-0.05, 0) is 12.2 Å². The zero-order valence-electron chi connectivity index (χ0n) is 8.21. The lowest BCUT2D eigenvalue weighted by Gasteiger charge is -2.15. The van der Waals surface area contributed by atoms with Crippen molar-refractivity contribution >= 4 is 17.3 Å². The van der Waals surface area contributed by atoms with E-state index in [9.17, 15) is 4.79 Å². The number of rotatable bonds is 2. The van der Waals surface area contributed by atoms with E-state index < -0.39 is 0 Å². The lowest BCUT2D eigenvalue weighted by molar-refractivity contribution is -0.625. The van der Waals surface area contributed by atoms with Crippen molar-refractivity contribution < 1.29 is 14.8 Å². The maximum absolute atomic E-state index is 11.5. The monoisotopic (exact) mass is 223 g/mol. The van der Waals surface area contributed by atoms with Crippen molar-refractivity contribution in [2.45, 2.75) is 6.04 Å². The third-order valence-corrected chi connectivity index (χ3v) is 2.82. The molecule has 2 rings (SSSR count). The summed E-state index contributed by atoms with van der Waals surface area (Å²) in [5.41, 5.74) is 3.28. The fraction of sp³-hybridized carbons (Fsp3) is 0.200. The van der Waals surface area contributed by atoms with E-state index in [2.05, 4.69) is 4.98 Å². The van der Waals surface area contributed by atoms with E-state index in [4.69, 9.17) is 4.74 Å². The first-order valence-electron chi connectivity index (χ1n) is 4.51. The van der Waals surface area contributed by atoms with Crippen molar-refractivity contribution in [3.05, 3.63) is 40.5 Å². The van der Waals surface area contributed by atoms with E-state index in [0.29, 0.717) is 5.57 Å². The van der Waals surface area contributed by atoms with Crippen LogP contribution in [0, 0.1) is 0 Å². The average molecular weight is 223 g/mol. The van der Waals surface area contributed by atoms with E-state index in [1.54, 1.807) is 11.6 Å². The summed E-state index contributed by atoms with van der Waals surface area (Å²) in [5.74, 6) is -0.298. The summed E-state index contributed by atoms with van der Waals surface area (Å²) in [6.45, 7) is 0. The maximum Gasteiger partial charge on any atom is 0.340 e. The molecule has 0 amide bonds. The molecule has 0 radical (unpaired) electrons. The summed E-state index contributed by atoms with van der Waals surface area (Å²) >= 11 is 1.52. The smallest absolute Gasteiger partial charge is 0.340 e. The summed E-state index contributed by atoms with van der Waals surface area (Å²) < 4.78 is 4.73. The molecule has 2 heterocycles. The molecule has 0 saturated carbocycles. The molecule has 0 spiro atoms. The number of carbonyl (C=O) groups is 1. The van der Waals surface area contributed by atoms with Crippen LogP contribution >= 0.6 is 11.3 Å². The van der Waals surface area contributed by atoms with Gasteiger partial charge in [-0.1, -0.05) is 0 Å². The Hall–Kier alpha value is -1.46. The molecule has 0 aliphatic carbocycles. The van der Waals surface area contributed by atoms with Crippen LogP contribution in [0.2, 0.25) is 0 Å². The Balaban J connectivity index is 2.29. The Morgan fingerprint density at radius 1 is 1.67 bits per heavy atom. The average Bonchev–Trinajstić information content (AvgIpc) is 2.81. The molecule has 0 aromatic carbocycles. The number of aromatic nitrogens is 1. The molecule has 1 aromatic rings. The molecular weight excluding hydrogens is 212 g/mol. The number of nitrogens with zero attached hydrogens (tertiary/aromatic N) is 1. The van der Waals surface area contributed by atoms with Crippen molar-refractivity contribution in [2.75, 3.05) is 7.11 Å². The Bertz CT molecular complexity index is 409. The molecule has 4 nitrogen and oxygen atoms in total. The lowest BCUT2D eigenvalue weighted by Crippen LogP contribution is -2.80. The Labute approximate surface area is 91.3 Å². The number of hydrogen-bond donors (Lipinski definition) is 1. The topological polar surface area (TPSA) is 55.8 Å². The SMILES string of the molecule is COC(=O)C1=CC=C[NH2+]C1c1cscn1. The van der Waals surface area contributed by atoms with Gasteiger partial charge in [-0.25, -0.2) is 9.78 Å². The number of esters is 1. The first-order valence-corrected chi connectivity index (χ1v) is 5.45. The number of thiazole rings is 1. The molecule has 1 aliphatic heterocycles. The van der Waals surface area contributed by atoms with Crippen molar-refractivity contribution in [1.29, 1.82) is 0 Å². The van der Waals surface area contributed by atoms with E-state index >= 15 is 0 Å². The quantitative estimate of drug-likeness (QED) is 0.737. The number of nitrogens with two attached hydrogens (primary N) is 1. The number of ether oxygens (including phenoxy) is 1. The number of hydrogen-bond acceptors (Lipinski definition) is 4. The van der Waals surface area contributed by atoms with Crippen LogP contribution in [0.1, 0.15) is 11.7 Å². The van der Waals surface area contributed by atoms with E-state index in [1.165, 1.54) is 18.4 Å². The highest BCUT2D eigenvalue weighted by Crippen LogP contribution is 2.20. The van der Waals surface area contributed by atoms with Gasteiger partial charge in [0.25, 0.3) is 0 Å². The summed E-state index contributed by atoms with van der Waals surface area (Å²) in [6.07, 6.45) is 5.52. The molecule has 0 bridgehead atoms. The molecule has 2 N–H and O–H groups in total. The van der Waals surface area contributed by atoms with Crippen LogP contribution in [0.15, 0.2) is 34.8 Å². The fourth-order valence-corrected chi connectivity index (χ4v) is 2.08. The van der Waals surface area contributed by atoms with Crippen LogP contribution in [0.25, 0.3) is 0 Å². The normalized spacial score (nSPS) is 19.8. The predicted molar refractivity (Wildman–Crippen MR) is 56.0 cm³/mol. The fourth-order valence-electron chi connectivity index (χ4n) is 1.49. The molecule has 1 atom stereocenters. The van der Waals surface area contributed by atoms with E-state index in [1.807, 2.05) is 23.0 Å². The Kier molecular flexibility index (Phi) is 2.94. The molecule has 1 aliphatic rings. The van der Waals surface area contributed by atoms with Crippen LogP contribution in [0.4, 0.5) is 0 Å². The van der Waals surface area contributed by atoms with Gasteiger partial charge in [-0.15, -0.1) is 11.3 Å². The second kappa shape index (κ2) is 4.37. The highest BCUT2D eigenvalue weighted by Gasteiger charge is 2.28. The number of carbonyl (C=O) groups excluding carboxylic acids is 1. The number of allylic oxidation sites excluding steroid dienone is 2. The number of methoxy groups -OCH3 is 1. The second-order valence-corrected chi connectivity index (χ2v) is 3.80. The molecule has 15 heavy (non-hydrogen) atoms. The third kappa shape index (κ3) is 1.98. The van der Waals surface area contributed by atoms with Crippen LogP contribution in [0.3, 0.4) is 0 Å². The van der Waals surface area contributed by atoms with Gasteiger partial charge in [0.05, 0.1) is 18.8 Å². The van der Waals surface area contributed by atoms with Gasteiger partial charge in [0.15, 0.2) is 6.04 Å². The maximum atomic E-state index is 11.5. The van der Waals surface area contributed by atoms with Gasteiger partial charge in [0.1, 0.15) is 11.3 Å². The van der Waals surface area contributed by atoms with Crippen LogP contribution < -0.4 is 5.32 Å². The molecule has 1 aromatic heterocycles. The van der Waals surface area contributed by atoms with Crippen LogP contribution in [-0.4, -0.2) is 18.1 Å². The highest BCUT2D eigenvalue weighted by molar-refractivity contribution is 7.07. The largest absolute Gasteiger partial charge is 0.465 e. The summed E-state index contributed by atoms with van der Waals surface area (Å²) in [7, 11) is 1.39. The van der Waals surface area contributed by atoms with Crippen LogP contribution in [0.5, 0.6) is 0 Å². The zero-order valence-corrected chi connectivity index (χ0v) is 9.03. The van der Waals surface area contributed by atoms with Gasteiger partial charge in [-0.3, -0.25) is 0 Å². The Morgan fingerprint density at radius 2 is 2.53 bits per heavy atom. The standard InChI is InChI=1S/C10H10N2O2S/c1-14-10(13)7-3-2-4-11-9(7)8-5-15-6-12-8/h2-6,9,11H,1H3/p+1. The highest BCUT2D eigenvalue weighted by atomic mass is 32.1. The van der Waals surface area contributed by atoms with Crippen molar-refractivity contribution in [2.24, 2.45) is 0 Å².